The fourth-order valence-corrected chi connectivity index (χ4v) is 3.26. The third-order valence-electron chi connectivity index (χ3n) is 3.98. The molecule has 1 fully saturated rings. The summed E-state index contributed by atoms with van der Waals surface area (Å²) in [7, 11) is 0. The SMILES string of the molecule is O=C1CCC2=C1CCC1CCCCN21. The van der Waals surface area contributed by atoms with Gasteiger partial charge in [-0.15, -0.1) is 0 Å². The third kappa shape index (κ3) is 1.13. The van der Waals surface area contributed by atoms with Crippen molar-refractivity contribution in [1.29, 1.82) is 0 Å². The van der Waals surface area contributed by atoms with Gasteiger partial charge in [-0.25, -0.2) is 0 Å². The van der Waals surface area contributed by atoms with E-state index in [4.69, 9.17) is 0 Å². The topological polar surface area (TPSA) is 20.3 Å². The van der Waals surface area contributed by atoms with E-state index in [2.05, 4.69) is 4.90 Å². The molecule has 2 heterocycles. The first-order valence-corrected chi connectivity index (χ1v) is 5.88. The maximum Gasteiger partial charge on any atom is 0.160 e. The Morgan fingerprint density at radius 1 is 1.07 bits per heavy atom. The molecule has 0 amide bonds. The van der Waals surface area contributed by atoms with Gasteiger partial charge in [-0.2, -0.15) is 0 Å². The van der Waals surface area contributed by atoms with E-state index in [0.29, 0.717) is 5.78 Å². The zero-order valence-electron chi connectivity index (χ0n) is 8.59. The van der Waals surface area contributed by atoms with Crippen molar-refractivity contribution in [3.63, 3.8) is 0 Å². The Morgan fingerprint density at radius 3 is 2.93 bits per heavy atom. The van der Waals surface area contributed by atoms with Crippen LogP contribution in [0.4, 0.5) is 0 Å². The molecule has 0 bridgehead atoms. The van der Waals surface area contributed by atoms with Gasteiger partial charge >= 0.3 is 0 Å². The highest BCUT2D eigenvalue weighted by Crippen LogP contribution is 2.39. The third-order valence-corrected chi connectivity index (χ3v) is 3.98. The van der Waals surface area contributed by atoms with E-state index >= 15 is 0 Å². The number of hydrogen-bond acceptors (Lipinski definition) is 2. The summed E-state index contributed by atoms with van der Waals surface area (Å²) in [6.07, 6.45) is 8.17. The van der Waals surface area contributed by atoms with E-state index in [9.17, 15) is 4.79 Å². The molecule has 1 saturated heterocycles. The average Bonchev–Trinajstić information content (AvgIpc) is 2.61. The predicted octanol–water partition coefficient (Wildman–Crippen LogP) is 2.25. The van der Waals surface area contributed by atoms with Crippen LogP contribution < -0.4 is 0 Å². The van der Waals surface area contributed by atoms with Crippen LogP contribution in [0.15, 0.2) is 11.3 Å². The lowest BCUT2D eigenvalue weighted by molar-refractivity contribution is -0.115. The molecule has 3 rings (SSSR count). The number of carbonyl (C=O) groups is 1. The lowest BCUT2D eigenvalue weighted by atomic mass is 9.90. The number of piperidine rings is 1. The normalized spacial score (nSPS) is 31.9. The first kappa shape index (κ1) is 8.51. The largest absolute Gasteiger partial charge is 0.371 e. The van der Waals surface area contributed by atoms with Crippen molar-refractivity contribution in [3.05, 3.63) is 11.3 Å². The number of fused-ring (bicyclic) bond motifs is 2. The molecule has 3 aliphatic rings. The Hall–Kier alpha value is -0.790. The van der Waals surface area contributed by atoms with Crippen LogP contribution in [0.25, 0.3) is 0 Å². The van der Waals surface area contributed by atoms with Crippen molar-refractivity contribution in [2.45, 2.75) is 51.0 Å². The van der Waals surface area contributed by atoms with Gasteiger partial charge in [-0.1, -0.05) is 0 Å². The van der Waals surface area contributed by atoms with Crippen LogP contribution in [0.5, 0.6) is 0 Å². The van der Waals surface area contributed by atoms with Crippen molar-refractivity contribution >= 4 is 5.78 Å². The number of hydrogen-bond donors (Lipinski definition) is 0. The van der Waals surface area contributed by atoms with Crippen LogP contribution in [0.3, 0.4) is 0 Å². The molecule has 1 aliphatic carbocycles. The molecule has 1 unspecified atom stereocenters. The molecular formula is C12H17NO. The van der Waals surface area contributed by atoms with Gasteiger partial charge in [0.25, 0.3) is 0 Å². The molecule has 0 saturated carbocycles. The molecule has 2 heteroatoms. The molecular weight excluding hydrogens is 174 g/mol. The Labute approximate surface area is 85.0 Å². The molecule has 0 aromatic rings. The van der Waals surface area contributed by atoms with Crippen LogP contribution in [-0.2, 0) is 4.79 Å². The van der Waals surface area contributed by atoms with E-state index in [0.717, 1.165) is 25.3 Å². The molecule has 0 N–H and O–H groups in total. The van der Waals surface area contributed by atoms with Crippen LogP contribution >= 0.6 is 0 Å². The average molecular weight is 191 g/mol. The fourth-order valence-electron chi connectivity index (χ4n) is 3.26. The molecule has 0 aromatic carbocycles. The van der Waals surface area contributed by atoms with Crippen molar-refractivity contribution < 1.29 is 4.79 Å². The molecule has 0 spiro atoms. The standard InChI is InChI=1S/C12H17NO/c14-12-7-6-11-10(12)5-4-9-3-1-2-8-13(9)11/h9H,1-8H2. The van der Waals surface area contributed by atoms with Crippen LogP contribution in [0.1, 0.15) is 44.9 Å². The summed E-state index contributed by atoms with van der Waals surface area (Å²) in [4.78, 5) is 14.1. The first-order valence-electron chi connectivity index (χ1n) is 5.88. The van der Waals surface area contributed by atoms with Gasteiger partial charge in [0.15, 0.2) is 5.78 Å². The molecule has 1 atom stereocenters. The number of allylic oxidation sites excluding steroid dienone is 2. The van der Waals surface area contributed by atoms with E-state index in [1.54, 1.807) is 0 Å². The molecule has 0 radical (unpaired) electrons. The highest BCUT2D eigenvalue weighted by Gasteiger charge is 2.35. The lowest BCUT2D eigenvalue weighted by Crippen LogP contribution is -2.41. The Balaban J connectivity index is 1.93. The van der Waals surface area contributed by atoms with Crippen molar-refractivity contribution in [3.8, 4) is 0 Å². The summed E-state index contributed by atoms with van der Waals surface area (Å²) in [6.45, 7) is 1.21. The minimum Gasteiger partial charge on any atom is -0.371 e. The van der Waals surface area contributed by atoms with Gasteiger partial charge in [-0.3, -0.25) is 4.79 Å². The highest BCUT2D eigenvalue weighted by atomic mass is 16.1. The second-order valence-electron chi connectivity index (χ2n) is 4.73. The van der Waals surface area contributed by atoms with Gasteiger partial charge < -0.3 is 4.90 Å². The molecule has 14 heavy (non-hydrogen) atoms. The summed E-state index contributed by atoms with van der Waals surface area (Å²) in [6, 6.07) is 0.772. The van der Waals surface area contributed by atoms with E-state index in [1.807, 2.05) is 0 Å². The number of Topliss-reactive ketones (excluding diaryl/α,β-unsaturated/α-hetero) is 1. The van der Waals surface area contributed by atoms with Gasteiger partial charge in [0.2, 0.25) is 0 Å². The van der Waals surface area contributed by atoms with Gasteiger partial charge in [0.1, 0.15) is 0 Å². The summed E-state index contributed by atoms with van der Waals surface area (Å²) in [5.74, 6) is 0.434. The lowest BCUT2D eigenvalue weighted by Gasteiger charge is -2.42. The van der Waals surface area contributed by atoms with E-state index in [1.165, 1.54) is 43.5 Å². The summed E-state index contributed by atoms with van der Waals surface area (Å²) >= 11 is 0. The van der Waals surface area contributed by atoms with Gasteiger partial charge in [0.05, 0.1) is 0 Å². The Bertz CT molecular complexity index is 305. The molecule has 2 aliphatic heterocycles. The molecule has 2 nitrogen and oxygen atoms in total. The highest BCUT2D eigenvalue weighted by molar-refractivity contribution is 5.98. The van der Waals surface area contributed by atoms with Crippen molar-refractivity contribution in [1.82, 2.24) is 4.90 Å². The van der Waals surface area contributed by atoms with Crippen molar-refractivity contribution in [2.75, 3.05) is 6.54 Å². The molecule has 76 valence electrons. The van der Waals surface area contributed by atoms with Crippen LogP contribution in [0.2, 0.25) is 0 Å². The zero-order valence-corrected chi connectivity index (χ0v) is 8.59. The minimum absolute atomic E-state index is 0.434. The fraction of sp³-hybridized carbons (Fsp3) is 0.750. The number of rotatable bonds is 0. The van der Waals surface area contributed by atoms with Crippen molar-refractivity contribution in [2.24, 2.45) is 0 Å². The smallest absolute Gasteiger partial charge is 0.160 e. The van der Waals surface area contributed by atoms with Gasteiger partial charge in [-0.05, 0) is 38.5 Å². The predicted molar refractivity (Wildman–Crippen MR) is 54.8 cm³/mol. The summed E-state index contributed by atoms with van der Waals surface area (Å²) in [5.41, 5.74) is 2.61. The number of ketones is 1. The summed E-state index contributed by atoms with van der Waals surface area (Å²) < 4.78 is 0. The van der Waals surface area contributed by atoms with E-state index < -0.39 is 0 Å². The van der Waals surface area contributed by atoms with Crippen LogP contribution in [-0.4, -0.2) is 23.3 Å². The van der Waals surface area contributed by atoms with Gasteiger partial charge in [0, 0.05) is 30.3 Å². The second kappa shape index (κ2) is 3.11. The minimum atomic E-state index is 0.434. The van der Waals surface area contributed by atoms with E-state index in [-0.39, 0.29) is 0 Å². The second-order valence-corrected chi connectivity index (χ2v) is 4.73. The Kier molecular flexibility index (Phi) is 1.89. The zero-order chi connectivity index (χ0) is 9.54. The first-order chi connectivity index (χ1) is 6.86. The number of nitrogens with zero attached hydrogens (tertiary/aromatic N) is 1. The monoisotopic (exact) mass is 191 g/mol. The summed E-state index contributed by atoms with van der Waals surface area (Å²) in [5, 5.41) is 0. The maximum absolute atomic E-state index is 11.6. The quantitative estimate of drug-likeness (QED) is 0.585. The van der Waals surface area contributed by atoms with Crippen LogP contribution in [0, 0.1) is 0 Å². The number of carbonyl (C=O) groups excluding carboxylic acids is 1. The molecule has 0 aromatic heterocycles. The Morgan fingerprint density at radius 2 is 2.00 bits per heavy atom. The maximum atomic E-state index is 11.6.